The number of hydrogen-bond donors (Lipinski definition) is 0. The van der Waals surface area contributed by atoms with Crippen LogP contribution in [-0.2, 0) is 0 Å². The molecular weight excluding hydrogens is 172 g/mol. The molecule has 1 rings (SSSR count). The van der Waals surface area contributed by atoms with E-state index in [0.29, 0.717) is 0 Å². The van der Waals surface area contributed by atoms with Crippen LogP contribution in [0.25, 0.3) is 0 Å². The Morgan fingerprint density at radius 1 is 1.25 bits per heavy atom. The molecule has 1 fully saturated rings. The maximum atomic E-state index is 12.6. The van der Waals surface area contributed by atoms with Crippen LogP contribution in [0.4, 0.5) is 17.6 Å². The summed E-state index contributed by atoms with van der Waals surface area (Å²) in [5, 5.41) is 0. The van der Waals surface area contributed by atoms with Gasteiger partial charge in [-0.1, -0.05) is 13.8 Å². The predicted octanol–water partition coefficient (Wildman–Crippen LogP) is 3.32. The molecule has 0 bridgehead atoms. The fraction of sp³-hybridized carbons (Fsp3) is 1.00. The smallest absolute Gasteiger partial charge is 0.200 e. The standard InChI is InChI=1S/C8H12F4/c1-5(2)3-6-4-7(9,10)8(6,11)12/h5-6H,3-4H2,1-2H3/t6-/m1/s1. The fourth-order valence-corrected chi connectivity index (χ4v) is 1.54. The summed E-state index contributed by atoms with van der Waals surface area (Å²) in [5.41, 5.74) is 0. The van der Waals surface area contributed by atoms with Gasteiger partial charge in [0.2, 0.25) is 0 Å². The van der Waals surface area contributed by atoms with Gasteiger partial charge in [-0.15, -0.1) is 0 Å². The average molecular weight is 184 g/mol. The van der Waals surface area contributed by atoms with Crippen molar-refractivity contribution in [1.82, 2.24) is 0 Å². The van der Waals surface area contributed by atoms with Crippen molar-refractivity contribution < 1.29 is 17.6 Å². The first-order valence-electron chi connectivity index (χ1n) is 4.03. The van der Waals surface area contributed by atoms with Crippen LogP contribution in [0, 0.1) is 11.8 Å². The monoisotopic (exact) mass is 184 g/mol. The van der Waals surface area contributed by atoms with Gasteiger partial charge in [0.25, 0.3) is 0 Å². The zero-order valence-corrected chi connectivity index (χ0v) is 7.08. The lowest BCUT2D eigenvalue weighted by Crippen LogP contribution is -2.58. The summed E-state index contributed by atoms with van der Waals surface area (Å²) in [7, 11) is 0. The Balaban J connectivity index is 2.54. The van der Waals surface area contributed by atoms with Gasteiger partial charge in [-0.05, 0) is 12.3 Å². The van der Waals surface area contributed by atoms with Crippen molar-refractivity contribution >= 4 is 0 Å². The SMILES string of the molecule is CC(C)C[C@@H]1CC(F)(F)C1(F)F. The van der Waals surface area contributed by atoms with E-state index in [1.54, 1.807) is 13.8 Å². The van der Waals surface area contributed by atoms with Crippen LogP contribution in [0.5, 0.6) is 0 Å². The summed E-state index contributed by atoms with van der Waals surface area (Å²) in [6, 6.07) is 0. The molecule has 0 aromatic heterocycles. The van der Waals surface area contributed by atoms with Crippen molar-refractivity contribution in [3.63, 3.8) is 0 Å². The third-order valence-electron chi connectivity index (χ3n) is 2.26. The highest BCUT2D eigenvalue weighted by Gasteiger charge is 2.70. The van der Waals surface area contributed by atoms with Crippen molar-refractivity contribution in [1.29, 1.82) is 0 Å². The minimum atomic E-state index is -3.77. The van der Waals surface area contributed by atoms with Crippen LogP contribution in [0.1, 0.15) is 26.7 Å². The highest BCUT2D eigenvalue weighted by Crippen LogP contribution is 2.57. The molecule has 0 spiro atoms. The average Bonchev–Trinajstić information content (AvgIpc) is 1.85. The van der Waals surface area contributed by atoms with Gasteiger partial charge in [0.1, 0.15) is 0 Å². The Labute approximate surface area is 69.0 Å². The first kappa shape index (κ1) is 9.81. The van der Waals surface area contributed by atoms with E-state index in [1.807, 2.05) is 0 Å². The maximum Gasteiger partial charge on any atom is 0.313 e. The normalized spacial score (nSPS) is 31.8. The number of rotatable bonds is 2. The van der Waals surface area contributed by atoms with Crippen LogP contribution >= 0.6 is 0 Å². The lowest BCUT2D eigenvalue weighted by Gasteiger charge is -2.44. The molecule has 0 unspecified atom stereocenters. The summed E-state index contributed by atoms with van der Waals surface area (Å²) < 4.78 is 49.7. The Hall–Kier alpha value is -0.280. The Bertz CT molecular complexity index is 172. The van der Waals surface area contributed by atoms with E-state index in [-0.39, 0.29) is 12.3 Å². The molecule has 0 nitrogen and oxygen atoms in total. The van der Waals surface area contributed by atoms with Crippen molar-refractivity contribution in [2.45, 2.75) is 38.5 Å². The summed E-state index contributed by atoms with van der Waals surface area (Å²) in [6.45, 7) is 3.51. The summed E-state index contributed by atoms with van der Waals surface area (Å²) in [6.07, 6.45) is -0.471. The van der Waals surface area contributed by atoms with E-state index in [9.17, 15) is 17.6 Å². The maximum absolute atomic E-state index is 12.6. The minimum Gasteiger partial charge on any atom is -0.200 e. The molecule has 0 N–H and O–H groups in total. The molecule has 1 atom stereocenters. The van der Waals surface area contributed by atoms with Gasteiger partial charge in [-0.2, -0.15) is 17.6 Å². The first-order chi connectivity index (χ1) is 5.27. The summed E-state index contributed by atoms with van der Waals surface area (Å²) >= 11 is 0. The Morgan fingerprint density at radius 2 is 1.75 bits per heavy atom. The Morgan fingerprint density at radius 3 is 2.00 bits per heavy atom. The molecule has 0 saturated heterocycles. The van der Waals surface area contributed by atoms with Crippen molar-refractivity contribution in [2.75, 3.05) is 0 Å². The second-order valence-corrected chi connectivity index (χ2v) is 3.86. The zero-order valence-electron chi connectivity index (χ0n) is 7.08. The van der Waals surface area contributed by atoms with Gasteiger partial charge >= 0.3 is 11.8 Å². The molecule has 0 radical (unpaired) electrons. The number of halogens is 4. The van der Waals surface area contributed by atoms with Crippen molar-refractivity contribution in [3.05, 3.63) is 0 Å². The molecule has 72 valence electrons. The van der Waals surface area contributed by atoms with Gasteiger partial charge < -0.3 is 0 Å². The zero-order chi connectivity index (χ0) is 9.57. The lowest BCUT2D eigenvalue weighted by molar-refractivity contribution is -0.316. The van der Waals surface area contributed by atoms with Gasteiger partial charge in [0.15, 0.2) is 0 Å². The first-order valence-corrected chi connectivity index (χ1v) is 4.03. The van der Waals surface area contributed by atoms with Crippen LogP contribution in [0.2, 0.25) is 0 Å². The second-order valence-electron chi connectivity index (χ2n) is 3.86. The van der Waals surface area contributed by atoms with E-state index < -0.39 is 24.2 Å². The molecule has 1 aliphatic rings. The molecule has 0 amide bonds. The van der Waals surface area contributed by atoms with E-state index in [2.05, 4.69) is 0 Å². The van der Waals surface area contributed by atoms with Gasteiger partial charge in [-0.25, -0.2) is 0 Å². The minimum absolute atomic E-state index is 0.0528. The molecule has 4 heteroatoms. The van der Waals surface area contributed by atoms with Crippen LogP contribution in [0.3, 0.4) is 0 Å². The van der Waals surface area contributed by atoms with Crippen LogP contribution < -0.4 is 0 Å². The van der Waals surface area contributed by atoms with E-state index in [1.165, 1.54) is 0 Å². The molecule has 0 heterocycles. The van der Waals surface area contributed by atoms with E-state index >= 15 is 0 Å². The topological polar surface area (TPSA) is 0 Å². The van der Waals surface area contributed by atoms with Crippen LogP contribution in [0.15, 0.2) is 0 Å². The summed E-state index contributed by atoms with van der Waals surface area (Å²) in [5.74, 6) is -8.59. The largest absolute Gasteiger partial charge is 0.313 e. The fourth-order valence-electron chi connectivity index (χ4n) is 1.54. The van der Waals surface area contributed by atoms with E-state index in [4.69, 9.17) is 0 Å². The summed E-state index contributed by atoms with van der Waals surface area (Å²) in [4.78, 5) is 0. The van der Waals surface area contributed by atoms with Gasteiger partial charge in [-0.3, -0.25) is 0 Å². The van der Waals surface area contributed by atoms with Crippen molar-refractivity contribution in [3.8, 4) is 0 Å². The van der Waals surface area contributed by atoms with Crippen LogP contribution in [-0.4, -0.2) is 11.8 Å². The molecule has 12 heavy (non-hydrogen) atoms. The highest BCUT2D eigenvalue weighted by atomic mass is 19.3. The Kier molecular flexibility index (Phi) is 2.13. The van der Waals surface area contributed by atoms with Gasteiger partial charge in [0, 0.05) is 12.3 Å². The second kappa shape index (κ2) is 2.60. The molecule has 0 aliphatic heterocycles. The molecule has 0 aromatic rings. The number of hydrogen-bond acceptors (Lipinski definition) is 0. The third-order valence-corrected chi connectivity index (χ3v) is 2.26. The number of alkyl halides is 4. The molecular formula is C8H12F4. The highest BCUT2D eigenvalue weighted by molar-refractivity contribution is 5.03. The third kappa shape index (κ3) is 1.31. The predicted molar refractivity (Wildman–Crippen MR) is 37.5 cm³/mol. The van der Waals surface area contributed by atoms with Gasteiger partial charge in [0.05, 0.1) is 0 Å². The molecule has 0 aromatic carbocycles. The van der Waals surface area contributed by atoms with E-state index in [0.717, 1.165) is 0 Å². The van der Waals surface area contributed by atoms with Crippen molar-refractivity contribution in [2.24, 2.45) is 11.8 Å². The molecule has 1 aliphatic carbocycles. The quantitative estimate of drug-likeness (QED) is 0.577. The molecule has 1 saturated carbocycles. The lowest BCUT2D eigenvalue weighted by atomic mass is 9.72.